The molecule has 0 unspecified atom stereocenters. The molecule has 1 aliphatic rings. The number of unbranched alkanes of at least 4 members (excludes halogenated alkanes) is 1. The van der Waals surface area contributed by atoms with Gasteiger partial charge in [0.1, 0.15) is 0 Å². The fraction of sp³-hybridized carbons (Fsp3) is 0.632. The number of hydrogen-bond acceptors (Lipinski definition) is 6. The van der Waals surface area contributed by atoms with Crippen LogP contribution in [0.15, 0.2) is 23.1 Å². The normalized spacial score (nSPS) is 14.0. The summed E-state index contributed by atoms with van der Waals surface area (Å²) < 4.78 is 43.0. The molecular weight excluding hydrogens is 384 g/mol. The third kappa shape index (κ3) is 6.65. The van der Waals surface area contributed by atoms with Gasteiger partial charge in [-0.05, 0) is 25.0 Å². The lowest BCUT2D eigenvalue weighted by atomic mass is 10.3. The first-order valence-electron chi connectivity index (χ1n) is 9.65. The summed E-state index contributed by atoms with van der Waals surface area (Å²) in [5.74, 6) is 0.575. The van der Waals surface area contributed by atoms with Crippen LogP contribution in [0.1, 0.15) is 32.6 Å². The number of carbonyl (C=O) groups excluding carboxylic acids is 1. The summed E-state index contributed by atoms with van der Waals surface area (Å²) in [6.45, 7) is 4.59. The van der Waals surface area contributed by atoms with Crippen LogP contribution >= 0.6 is 0 Å². The molecular formula is C19H30N2O6S. The summed E-state index contributed by atoms with van der Waals surface area (Å²) in [5, 5.41) is 2.72. The highest BCUT2D eigenvalue weighted by molar-refractivity contribution is 7.89. The molecule has 158 valence electrons. The van der Waals surface area contributed by atoms with Gasteiger partial charge in [-0.15, -0.1) is 0 Å². The van der Waals surface area contributed by atoms with E-state index in [1.54, 1.807) is 6.07 Å². The minimum absolute atomic E-state index is 0.0661. The van der Waals surface area contributed by atoms with Crippen molar-refractivity contribution in [1.82, 2.24) is 9.62 Å². The van der Waals surface area contributed by atoms with Gasteiger partial charge in [-0.25, -0.2) is 8.42 Å². The van der Waals surface area contributed by atoms with E-state index >= 15 is 0 Å². The van der Waals surface area contributed by atoms with Gasteiger partial charge in [0.2, 0.25) is 15.9 Å². The number of fused-ring (bicyclic) bond motifs is 1. The topological polar surface area (TPSA) is 94.2 Å². The van der Waals surface area contributed by atoms with E-state index < -0.39 is 10.0 Å². The van der Waals surface area contributed by atoms with Gasteiger partial charge < -0.3 is 19.5 Å². The molecule has 0 bridgehead atoms. The van der Waals surface area contributed by atoms with Gasteiger partial charge in [0.15, 0.2) is 11.5 Å². The lowest BCUT2D eigenvalue weighted by Crippen LogP contribution is -2.38. The second kappa shape index (κ2) is 11.2. The van der Waals surface area contributed by atoms with Gasteiger partial charge in [-0.2, -0.15) is 4.31 Å². The zero-order valence-corrected chi connectivity index (χ0v) is 17.4. The zero-order valence-electron chi connectivity index (χ0n) is 16.6. The van der Waals surface area contributed by atoms with Crippen LogP contribution in [-0.2, 0) is 19.6 Å². The van der Waals surface area contributed by atoms with E-state index in [9.17, 15) is 13.2 Å². The fourth-order valence-corrected chi connectivity index (χ4v) is 3.72. The summed E-state index contributed by atoms with van der Waals surface area (Å²) in [7, 11) is -2.43. The summed E-state index contributed by atoms with van der Waals surface area (Å²) in [5.41, 5.74) is 0. The van der Waals surface area contributed by atoms with Gasteiger partial charge in [-0.1, -0.05) is 13.3 Å². The summed E-state index contributed by atoms with van der Waals surface area (Å²) in [6, 6.07) is 4.49. The average Bonchev–Trinajstić information content (AvgIpc) is 2.92. The van der Waals surface area contributed by atoms with Crippen molar-refractivity contribution in [3.05, 3.63) is 18.2 Å². The molecule has 1 aromatic carbocycles. The van der Waals surface area contributed by atoms with Crippen molar-refractivity contribution in [1.29, 1.82) is 0 Å². The molecule has 0 fully saturated rings. The lowest BCUT2D eigenvalue weighted by molar-refractivity contribution is -0.121. The van der Waals surface area contributed by atoms with Crippen LogP contribution in [0.2, 0.25) is 0 Å². The maximum absolute atomic E-state index is 12.7. The smallest absolute Gasteiger partial charge is 0.243 e. The second-order valence-corrected chi connectivity index (χ2v) is 8.63. The van der Waals surface area contributed by atoms with Crippen molar-refractivity contribution in [2.75, 3.05) is 46.6 Å². The molecule has 1 heterocycles. The van der Waals surface area contributed by atoms with Crippen LogP contribution in [0.5, 0.6) is 11.5 Å². The van der Waals surface area contributed by atoms with Gasteiger partial charge >= 0.3 is 0 Å². The van der Waals surface area contributed by atoms with Crippen molar-refractivity contribution >= 4 is 15.9 Å². The molecule has 0 aromatic heterocycles. The number of sulfonamides is 1. The summed E-state index contributed by atoms with van der Waals surface area (Å²) in [4.78, 5) is 12.1. The molecule has 2 rings (SSSR count). The lowest BCUT2D eigenvalue weighted by Gasteiger charge is -2.18. The molecule has 1 aliphatic heterocycles. The number of hydrogen-bond donors (Lipinski definition) is 1. The molecule has 0 radical (unpaired) electrons. The maximum Gasteiger partial charge on any atom is 0.243 e. The number of ether oxygens (including phenoxy) is 3. The summed E-state index contributed by atoms with van der Waals surface area (Å²) >= 11 is 0. The number of nitrogens with zero attached hydrogens (tertiary/aromatic N) is 1. The van der Waals surface area contributed by atoms with Crippen molar-refractivity contribution in [2.24, 2.45) is 0 Å². The molecule has 0 atom stereocenters. The standard InChI is InChI=1S/C19H30N2O6S/c1-3-4-10-25-11-5-9-20-19(22)15-21(2)28(23,24)16-7-8-17-18(14-16)27-13-6-12-26-17/h7-8,14H,3-6,9-13,15H2,1-2H3,(H,20,22). The number of nitrogens with one attached hydrogen (secondary N) is 1. The van der Waals surface area contributed by atoms with Gasteiger partial charge in [0.25, 0.3) is 0 Å². The third-order valence-electron chi connectivity index (χ3n) is 4.22. The minimum Gasteiger partial charge on any atom is -0.490 e. The van der Waals surface area contributed by atoms with Crippen molar-refractivity contribution in [3.63, 3.8) is 0 Å². The van der Waals surface area contributed by atoms with Crippen LogP contribution in [0.25, 0.3) is 0 Å². The molecule has 0 aliphatic carbocycles. The predicted molar refractivity (Wildman–Crippen MR) is 105 cm³/mol. The van der Waals surface area contributed by atoms with E-state index in [-0.39, 0.29) is 17.3 Å². The molecule has 9 heteroatoms. The van der Waals surface area contributed by atoms with Crippen LogP contribution < -0.4 is 14.8 Å². The highest BCUT2D eigenvalue weighted by Gasteiger charge is 2.25. The Morgan fingerprint density at radius 2 is 1.89 bits per heavy atom. The van der Waals surface area contributed by atoms with Crippen LogP contribution in [0.3, 0.4) is 0 Å². The van der Waals surface area contributed by atoms with Crippen molar-refractivity contribution in [2.45, 2.75) is 37.5 Å². The highest BCUT2D eigenvalue weighted by atomic mass is 32.2. The Balaban J connectivity index is 1.84. The van der Waals surface area contributed by atoms with Gasteiger partial charge in [-0.3, -0.25) is 4.79 Å². The van der Waals surface area contributed by atoms with Crippen LogP contribution in [-0.4, -0.2) is 65.2 Å². The number of benzene rings is 1. The first kappa shape index (κ1) is 22.4. The number of rotatable bonds is 11. The Hall–Kier alpha value is -1.84. The van der Waals surface area contributed by atoms with Crippen molar-refractivity contribution < 1.29 is 27.4 Å². The quantitative estimate of drug-likeness (QED) is 0.555. The molecule has 1 amide bonds. The molecule has 0 spiro atoms. The first-order valence-corrected chi connectivity index (χ1v) is 11.1. The Labute approximate surface area is 167 Å². The highest BCUT2D eigenvalue weighted by Crippen LogP contribution is 2.32. The van der Waals surface area contributed by atoms with Crippen molar-refractivity contribution in [3.8, 4) is 11.5 Å². The molecule has 0 saturated carbocycles. The van der Waals surface area contributed by atoms with E-state index in [4.69, 9.17) is 14.2 Å². The largest absolute Gasteiger partial charge is 0.490 e. The Morgan fingerprint density at radius 3 is 2.64 bits per heavy atom. The van der Waals surface area contributed by atoms with Gasteiger partial charge in [0, 0.05) is 39.3 Å². The molecule has 8 nitrogen and oxygen atoms in total. The molecule has 28 heavy (non-hydrogen) atoms. The first-order chi connectivity index (χ1) is 13.4. The Bertz CT molecular complexity index is 738. The van der Waals surface area contributed by atoms with E-state index in [2.05, 4.69) is 12.2 Å². The van der Waals surface area contributed by atoms with E-state index in [1.165, 1.54) is 19.2 Å². The summed E-state index contributed by atoms with van der Waals surface area (Å²) in [6.07, 6.45) is 3.53. The van der Waals surface area contributed by atoms with Crippen LogP contribution in [0, 0.1) is 0 Å². The number of amides is 1. The molecule has 1 N–H and O–H groups in total. The Morgan fingerprint density at radius 1 is 1.18 bits per heavy atom. The maximum atomic E-state index is 12.7. The fourth-order valence-electron chi connectivity index (χ4n) is 2.58. The van der Waals surface area contributed by atoms with Gasteiger partial charge in [0.05, 0.1) is 24.7 Å². The minimum atomic E-state index is -3.81. The number of carbonyl (C=O) groups is 1. The average molecular weight is 415 g/mol. The predicted octanol–water partition coefficient (Wildman–Crippen LogP) is 1.79. The number of likely N-dealkylation sites (N-methyl/N-ethyl adjacent to an activating group) is 1. The molecule has 1 aromatic rings. The zero-order chi connectivity index (χ0) is 20.4. The second-order valence-electron chi connectivity index (χ2n) is 6.59. The van der Waals surface area contributed by atoms with E-state index in [0.717, 1.165) is 30.2 Å². The van der Waals surface area contributed by atoms with Crippen LogP contribution in [0.4, 0.5) is 0 Å². The monoisotopic (exact) mass is 414 g/mol. The van der Waals surface area contributed by atoms with E-state index in [1.807, 2.05) is 0 Å². The van der Waals surface area contributed by atoms with E-state index in [0.29, 0.717) is 44.3 Å². The third-order valence-corrected chi connectivity index (χ3v) is 6.02. The molecule has 0 saturated heterocycles. The SMILES string of the molecule is CCCCOCCCNC(=O)CN(C)S(=O)(=O)c1ccc2c(c1)OCCCO2. The Kier molecular flexibility index (Phi) is 9.01.